The summed E-state index contributed by atoms with van der Waals surface area (Å²) in [6, 6.07) is 1.21. The molecule has 0 bridgehead atoms. The summed E-state index contributed by atoms with van der Waals surface area (Å²) >= 11 is 0. The largest absolute Gasteiger partial charge is 0.416 e. The quantitative estimate of drug-likeness (QED) is 0.838. The Morgan fingerprint density at radius 2 is 1.90 bits per heavy atom. The first-order valence-corrected chi connectivity index (χ1v) is 5.94. The van der Waals surface area contributed by atoms with Crippen LogP contribution in [0.1, 0.15) is 29.8 Å². The smallest absolute Gasteiger partial charge is 0.396 e. The highest BCUT2D eigenvalue weighted by molar-refractivity contribution is 5.94. The van der Waals surface area contributed by atoms with E-state index in [-0.39, 0.29) is 12.5 Å². The van der Waals surface area contributed by atoms with Crippen LogP contribution in [0.3, 0.4) is 0 Å². The number of rotatable bonds is 4. The van der Waals surface area contributed by atoms with Crippen LogP contribution in [0.25, 0.3) is 0 Å². The minimum absolute atomic E-state index is 0.182. The van der Waals surface area contributed by atoms with E-state index in [0.29, 0.717) is 12.1 Å². The molecular formula is C13H15F4NO2. The number of alkyl halides is 3. The average Bonchev–Trinajstić information content (AvgIpc) is 2.35. The van der Waals surface area contributed by atoms with Gasteiger partial charge < -0.3 is 10.4 Å². The van der Waals surface area contributed by atoms with Crippen molar-refractivity contribution >= 4 is 5.91 Å². The molecule has 3 nitrogen and oxygen atoms in total. The van der Waals surface area contributed by atoms with Crippen LogP contribution in [-0.2, 0) is 6.18 Å². The molecule has 7 heteroatoms. The predicted molar refractivity (Wildman–Crippen MR) is 64.6 cm³/mol. The molecule has 0 heterocycles. The molecule has 0 spiro atoms. The van der Waals surface area contributed by atoms with Gasteiger partial charge in [-0.25, -0.2) is 4.39 Å². The topological polar surface area (TPSA) is 49.3 Å². The lowest BCUT2D eigenvalue weighted by molar-refractivity contribution is -0.137. The number of benzene rings is 1. The molecule has 2 atom stereocenters. The third kappa shape index (κ3) is 4.19. The summed E-state index contributed by atoms with van der Waals surface area (Å²) in [6.07, 6.45) is -4.72. The lowest BCUT2D eigenvalue weighted by Crippen LogP contribution is -2.38. The Morgan fingerprint density at radius 3 is 2.40 bits per heavy atom. The van der Waals surface area contributed by atoms with E-state index in [2.05, 4.69) is 5.32 Å². The molecule has 1 amide bonds. The van der Waals surface area contributed by atoms with E-state index in [1.165, 1.54) is 0 Å². The Bertz CT molecular complexity index is 488. The predicted octanol–water partition coefficient (Wildman–Crippen LogP) is 2.59. The van der Waals surface area contributed by atoms with E-state index in [1.807, 2.05) is 0 Å². The molecule has 0 aromatic heterocycles. The fourth-order valence-corrected chi connectivity index (χ4v) is 1.47. The van der Waals surface area contributed by atoms with Gasteiger partial charge in [-0.15, -0.1) is 0 Å². The van der Waals surface area contributed by atoms with Crippen molar-refractivity contribution in [1.29, 1.82) is 0 Å². The number of hydrogen-bond acceptors (Lipinski definition) is 2. The molecule has 0 radical (unpaired) electrons. The monoisotopic (exact) mass is 293 g/mol. The lowest BCUT2D eigenvalue weighted by Gasteiger charge is -2.19. The summed E-state index contributed by atoms with van der Waals surface area (Å²) < 4.78 is 50.7. The number of aliphatic hydroxyl groups excluding tert-OH is 1. The first-order chi connectivity index (χ1) is 9.15. The van der Waals surface area contributed by atoms with Crippen LogP contribution >= 0.6 is 0 Å². The van der Waals surface area contributed by atoms with Gasteiger partial charge in [0.05, 0.1) is 5.56 Å². The lowest BCUT2D eigenvalue weighted by atomic mass is 10.0. The maximum absolute atomic E-state index is 13.2. The van der Waals surface area contributed by atoms with Crippen molar-refractivity contribution in [3.05, 3.63) is 35.1 Å². The van der Waals surface area contributed by atoms with Crippen LogP contribution in [0.2, 0.25) is 0 Å². The van der Waals surface area contributed by atoms with Gasteiger partial charge in [-0.2, -0.15) is 13.2 Å². The van der Waals surface area contributed by atoms with Crippen molar-refractivity contribution < 1.29 is 27.5 Å². The normalized spacial score (nSPS) is 14.8. The maximum Gasteiger partial charge on any atom is 0.416 e. The number of carbonyl (C=O) groups is 1. The van der Waals surface area contributed by atoms with Crippen LogP contribution < -0.4 is 5.32 Å². The molecule has 1 aromatic carbocycles. The summed E-state index contributed by atoms with van der Waals surface area (Å²) in [5.74, 6) is -2.22. The third-order valence-electron chi connectivity index (χ3n) is 2.99. The number of amides is 1. The minimum atomic E-state index is -4.72. The van der Waals surface area contributed by atoms with Gasteiger partial charge in [0.15, 0.2) is 0 Å². The van der Waals surface area contributed by atoms with E-state index in [0.717, 1.165) is 6.07 Å². The first kappa shape index (κ1) is 16.4. The average molecular weight is 293 g/mol. The molecule has 0 unspecified atom stereocenters. The first-order valence-electron chi connectivity index (χ1n) is 5.94. The molecule has 2 N–H and O–H groups in total. The van der Waals surface area contributed by atoms with Crippen molar-refractivity contribution in [2.45, 2.75) is 26.1 Å². The molecule has 1 rings (SSSR count). The maximum atomic E-state index is 13.2. The van der Waals surface area contributed by atoms with Gasteiger partial charge in [0.25, 0.3) is 5.91 Å². The Morgan fingerprint density at radius 1 is 1.30 bits per heavy atom. The Kier molecular flexibility index (Phi) is 5.10. The molecule has 0 aliphatic carbocycles. The SMILES string of the molecule is C[C@H](NC(=O)c1cc(F)cc(C(F)(F)F)c1)[C@@H](C)CO. The minimum Gasteiger partial charge on any atom is -0.396 e. The van der Waals surface area contributed by atoms with E-state index in [9.17, 15) is 22.4 Å². The van der Waals surface area contributed by atoms with Gasteiger partial charge in [-0.1, -0.05) is 6.92 Å². The Labute approximate surface area is 113 Å². The van der Waals surface area contributed by atoms with Crippen molar-refractivity contribution in [3.63, 3.8) is 0 Å². The molecule has 1 aromatic rings. The van der Waals surface area contributed by atoms with Crippen molar-refractivity contribution in [2.75, 3.05) is 6.61 Å². The second-order valence-corrected chi connectivity index (χ2v) is 4.65. The summed E-state index contributed by atoms with van der Waals surface area (Å²) in [7, 11) is 0. The van der Waals surface area contributed by atoms with Gasteiger partial charge in [-0.3, -0.25) is 4.79 Å². The summed E-state index contributed by atoms with van der Waals surface area (Å²) in [6.45, 7) is 3.08. The molecule has 20 heavy (non-hydrogen) atoms. The Hall–Kier alpha value is -1.63. The van der Waals surface area contributed by atoms with Crippen LogP contribution in [0.15, 0.2) is 18.2 Å². The van der Waals surface area contributed by atoms with E-state index in [4.69, 9.17) is 5.11 Å². The summed E-state index contributed by atoms with van der Waals surface area (Å²) in [4.78, 5) is 11.8. The van der Waals surface area contributed by atoms with Gasteiger partial charge in [0.1, 0.15) is 5.82 Å². The van der Waals surface area contributed by atoms with Crippen LogP contribution in [0, 0.1) is 11.7 Å². The highest BCUT2D eigenvalue weighted by Crippen LogP contribution is 2.30. The number of nitrogens with one attached hydrogen (secondary N) is 1. The standard InChI is InChI=1S/C13H15F4NO2/c1-7(6-19)8(2)18-12(20)9-3-10(13(15,16)17)5-11(14)4-9/h3-5,7-8,19H,6H2,1-2H3,(H,18,20)/t7-,8-/m0/s1. The van der Waals surface area contributed by atoms with Crippen molar-refractivity contribution in [3.8, 4) is 0 Å². The second-order valence-electron chi connectivity index (χ2n) is 4.65. The number of hydrogen-bond donors (Lipinski definition) is 2. The van der Waals surface area contributed by atoms with E-state index < -0.39 is 35.1 Å². The van der Waals surface area contributed by atoms with Gasteiger partial charge in [-0.05, 0) is 31.0 Å². The molecule has 0 saturated heterocycles. The fraction of sp³-hybridized carbons (Fsp3) is 0.462. The molecular weight excluding hydrogens is 278 g/mol. The molecule has 112 valence electrons. The van der Waals surface area contributed by atoms with Crippen LogP contribution in [0.5, 0.6) is 0 Å². The molecule has 0 aliphatic heterocycles. The van der Waals surface area contributed by atoms with Gasteiger partial charge >= 0.3 is 6.18 Å². The molecule has 0 fully saturated rings. The highest BCUT2D eigenvalue weighted by Gasteiger charge is 2.32. The Balaban J connectivity index is 2.97. The van der Waals surface area contributed by atoms with Crippen molar-refractivity contribution in [1.82, 2.24) is 5.32 Å². The second kappa shape index (κ2) is 6.21. The summed E-state index contributed by atoms with van der Waals surface area (Å²) in [5, 5.41) is 11.3. The number of carbonyl (C=O) groups excluding carboxylic acids is 1. The highest BCUT2D eigenvalue weighted by atomic mass is 19.4. The number of aliphatic hydroxyl groups is 1. The molecule has 0 aliphatic rings. The zero-order chi connectivity index (χ0) is 15.5. The molecule has 0 saturated carbocycles. The zero-order valence-electron chi connectivity index (χ0n) is 11.0. The summed E-state index contributed by atoms with van der Waals surface area (Å²) in [5.41, 5.74) is -1.63. The number of halogens is 4. The zero-order valence-corrected chi connectivity index (χ0v) is 11.0. The fourth-order valence-electron chi connectivity index (χ4n) is 1.47. The third-order valence-corrected chi connectivity index (χ3v) is 2.99. The van der Waals surface area contributed by atoms with Crippen LogP contribution in [0.4, 0.5) is 17.6 Å². The van der Waals surface area contributed by atoms with Crippen LogP contribution in [-0.4, -0.2) is 23.7 Å². The van der Waals surface area contributed by atoms with Gasteiger partial charge in [0, 0.05) is 18.2 Å². The van der Waals surface area contributed by atoms with Gasteiger partial charge in [0.2, 0.25) is 0 Å². The van der Waals surface area contributed by atoms with E-state index in [1.54, 1.807) is 13.8 Å². The van der Waals surface area contributed by atoms with Crippen molar-refractivity contribution in [2.24, 2.45) is 5.92 Å². The van der Waals surface area contributed by atoms with E-state index >= 15 is 0 Å².